The number of hydrogen-bond acceptors (Lipinski definition) is 5. The summed E-state index contributed by atoms with van der Waals surface area (Å²) in [6.07, 6.45) is 2.28. The summed E-state index contributed by atoms with van der Waals surface area (Å²) in [5.74, 6) is 2.33. The maximum atomic E-state index is 12.6. The van der Waals surface area contributed by atoms with Crippen LogP contribution in [0.25, 0.3) is 0 Å². The van der Waals surface area contributed by atoms with Gasteiger partial charge in [0.15, 0.2) is 5.96 Å². The molecule has 0 aromatic carbocycles. The zero-order valence-electron chi connectivity index (χ0n) is 17.9. The largest absolute Gasteiger partial charge is 0.357 e. The molecule has 30 heavy (non-hydrogen) atoms. The smallest absolute Gasteiger partial charge is 0.224 e. The molecule has 0 spiro atoms. The van der Waals surface area contributed by atoms with Gasteiger partial charge < -0.3 is 20.4 Å². The van der Waals surface area contributed by atoms with Crippen molar-refractivity contribution in [2.45, 2.75) is 26.2 Å². The summed E-state index contributed by atoms with van der Waals surface area (Å²) in [5.41, 5.74) is 0. The number of rotatable bonds is 8. The van der Waals surface area contributed by atoms with Gasteiger partial charge >= 0.3 is 0 Å². The number of amides is 1. The predicted molar refractivity (Wildman–Crippen MR) is 124 cm³/mol. The molecule has 1 aliphatic heterocycles. The number of anilines is 1. The van der Waals surface area contributed by atoms with Gasteiger partial charge in [0.2, 0.25) is 5.91 Å². The molecule has 3 rings (SSSR count). The van der Waals surface area contributed by atoms with Crippen LogP contribution in [0.4, 0.5) is 5.82 Å². The Morgan fingerprint density at radius 1 is 1.20 bits per heavy atom. The number of aliphatic imine (C=N–C) groups is 1. The first-order valence-corrected chi connectivity index (χ1v) is 11.5. The molecule has 2 aromatic rings. The van der Waals surface area contributed by atoms with Gasteiger partial charge in [0.25, 0.3) is 0 Å². The number of carbonyl (C=O) groups is 1. The van der Waals surface area contributed by atoms with E-state index in [1.165, 1.54) is 4.88 Å². The second-order valence-corrected chi connectivity index (χ2v) is 8.35. The Bertz CT molecular complexity index is 787. The highest BCUT2D eigenvalue weighted by Crippen LogP contribution is 2.20. The van der Waals surface area contributed by atoms with Gasteiger partial charge in [0, 0.05) is 62.7 Å². The first-order valence-electron chi connectivity index (χ1n) is 10.7. The lowest BCUT2D eigenvalue weighted by molar-refractivity contribution is -0.131. The van der Waals surface area contributed by atoms with Gasteiger partial charge in [-0.05, 0) is 30.5 Å². The summed E-state index contributed by atoms with van der Waals surface area (Å²) in [7, 11) is 0. The lowest BCUT2D eigenvalue weighted by Crippen LogP contribution is -2.49. The number of hydrogen-bond donors (Lipinski definition) is 2. The van der Waals surface area contributed by atoms with Gasteiger partial charge in [-0.25, -0.2) is 4.98 Å². The molecule has 1 fully saturated rings. The molecular formula is C22H32N6OS. The second-order valence-electron chi connectivity index (χ2n) is 7.37. The standard InChI is InChI=1S/C22H32N6OS/c1-3-23-22(26-17-18(2)19-7-6-16-30-19)25-11-9-21(29)28-14-12-27(13-15-28)20-8-4-5-10-24-20/h4-8,10,16,18H,3,9,11-15,17H2,1-2H3,(H2,23,25,26). The Balaban J connectivity index is 1.40. The summed E-state index contributed by atoms with van der Waals surface area (Å²) in [5, 5.41) is 8.66. The Morgan fingerprint density at radius 2 is 2.03 bits per heavy atom. The molecular weight excluding hydrogens is 396 g/mol. The molecule has 7 nitrogen and oxygen atoms in total. The van der Waals surface area contributed by atoms with Crippen molar-refractivity contribution < 1.29 is 4.79 Å². The summed E-state index contributed by atoms with van der Waals surface area (Å²) >= 11 is 1.76. The normalized spacial score (nSPS) is 15.7. The van der Waals surface area contributed by atoms with Crippen LogP contribution < -0.4 is 15.5 Å². The van der Waals surface area contributed by atoms with Crippen molar-refractivity contribution in [2.75, 3.05) is 50.7 Å². The molecule has 0 bridgehead atoms. The molecule has 3 heterocycles. The third-order valence-corrected chi connectivity index (χ3v) is 6.24. The molecule has 0 saturated carbocycles. The maximum absolute atomic E-state index is 12.6. The van der Waals surface area contributed by atoms with Gasteiger partial charge in [-0.15, -0.1) is 11.3 Å². The SMILES string of the molecule is CCNC(=NCC(C)c1cccs1)NCCC(=O)N1CCN(c2ccccn2)CC1. The third kappa shape index (κ3) is 6.45. The monoisotopic (exact) mass is 428 g/mol. The van der Waals surface area contributed by atoms with Crippen LogP contribution in [0.5, 0.6) is 0 Å². The number of aromatic nitrogens is 1. The van der Waals surface area contributed by atoms with Gasteiger partial charge in [-0.1, -0.05) is 19.1 Å². The van der Waals surface area contributed by atoms with Crippen molar-refractivity contribution >= 4 is 29.0 Å². The van der Waals surface area contributed by atoms with Crippen LogP contribution in [0, 0.1) is 0 Å². The predicted octanol–water partition coefficient (Wildman–Crippen LogP) is 2.54. The van der Waals surface area contributed by atoms with E-state index in [1.807, 2.05) is 36.2 Å². The van der Waals surface area contributed by atoms with Gasteiger partial charge in [-0.2, -0.15) is 0 Å². The van der Waals surface area contributed by atoms with Crippen molar-refractivity contribution in [1.82, 2.24) is 20.5 Å². The molecule has 1 atom stereocenters. The van der Waals surface area contributed by atoms with Crippen molar-refractivity contribution in [1.29, 1.82) is 0 Å². The van der Waals surface area contributed by atoms with E-state index in [4.69, 9.17) is 0 Å². The van der Waals surface area contributed by atoms with E-state index < -0.39 is 0 Å². The summed E-state index contributed by atoms with van der Waals surface area (Å²) in [6.45, 7) is 9.45. The molecule has 2 N–H and O–H groups in total. The highest BCUT2D eigenvalue weighted by molar-refractivity contribution is 7.10. The lowest BCUT2D eigenvalue weighted by atomic mass is 10.1. The van der Waals surface area contributed by atoms with Crippen LogP contribution in [0.15, 0.2) is 46.9 Å². The highest BCUT2D eigenvalue weighted by Gasteiger charge is 2.21. The molecule has 1 unspecified atom stereocenters. The van der Waals surface area contributed by atoms with Gasteiger partial charge in [0.05, 0.1) is 6.54 Å². The number of thiophene rings is 1. The van der Waals surface area contributed by atoms with Crippen molar-refractivity contribution in [2.24, 2.45) is 4.99 Å². The topological polar surface area (TPSA) is 72.9 Å². The van der Waals surface area contributed by atoms with Gasteiger partial charge in [-0.3, -0.25) is 9.79 Å². The average Bonchev–Trinajstić information content (AvgIpc) is 3.33. The average molecular weight is 429 g/mol. The molecule has 8 heteroatoms. The number of guanidine groups is 1. The van der Waals surface area contributed by atoms with Crippen LogP contribution in [0.1, 0.15) is 31.1 Å². The van der Waals surface area contributed by atoms with Crippen LogP contribution >= 0.6 is 11.3 Å². The van der Waals surface area contributed by atoms with E-state index in [0.717, 1.165) is 51.0 Å². The Morgan fingerprint density at radius 3 is 2.70 bits per heavy atom. The maximum Gasteiger partial charge on any atom is 0.224 e. The zero-order chi connectivity index (χ0) is 21.2. The fourth-order valence-electron chi connectivity index (χ4n) is 3.40. The quantitative estimate of drug-likeness (QED) is 0.499. The molecule has 0 aliphatic carbocycles. The van der Waals surface area contributed by atoms with Crippen molar-refractivity contribution in [3.05, 3.63) is 46.8 Å². The van der Waals surface area contributed by atoms with E-state index in [2.05, 4.69) is 49.9 Å². The Kier molecular flexibility index (Phi) is 8.50. The number of carbonyl (C=O) groups excluding carboxylic acids is 1. The van der Waals surface area contributed by atoms with E-state index in [1.54, 1.807) is 11.3 Å². The third-order valence-electron chi connectivity index (χ3n) is 5.13. The highest BCUT2D eigenvalue weighted by atomic mass is 32.1. The van der Waals surface area contributed by atoms with Gasteiger partial charge in [0.1, 0.15) is 5.82 Å². The first kappa shape index (κ1) is 22.1. The van der Waals surface area contributed by atoms with Crippen LogP contribution in [-0.2, 0) is 4.79 Å². The first-order chi connectivity index (χ1) is 14.7. The van der Waals surface area contributed by atoms with E-state index in [0.29, 0.717) is 18.9 Å². The van der Waals surface area contributed by atoms with Crippen LogP contribution in [0.2, 0.25) is 0 Å². The fourth-order valence-corrected chi connectivity index (χ4v) is 4.18. The number of piperazine rings is 1. The minimum atomic E-state index is 0.186. The molecule has 0 radical (unpaired) electrons. The van der Waals surface area contributed by atoms with E-state index in [-0.39, 0.29) is 5.91 Å². The minimum Gasteiger partial charge on any atom is -0.357 e. The van der Waals surface area contributed by atoms with Crippen LogP contribution in [-0.4, -0.2) is 67.6 Å². The summed E-state index contributed by atoms with van der Waals surface area (Å²) in [6, 6.07) is 10.2. The number of pyridine rings is 1. The van der Waals surface area contributed by atoms with Crippen molar-refractivity contribution in [3.8, 4) is 0 Å². The van der Waals surface area contributed by atoms with Crippen LogP contribution in [0.3, 0.4) is 0 Å². The molecule has 1 saturated heterocycles. The van der Waals surface area contributed by atoms with Crippen molar-refractivity contribution in [3.63, 3.8) is 0 Å². The Hall–Kier alpha value is -2.61. The van der Waals surface area contributed by atoms with E-state index in [9.17, 15) is 4.79 Å². The minimum absolute atomic E-state index is 0.186. The number of nitrogens with one attached hydrogen (secondary N) is 2. The molecule has 1 amide bonds. The second kappa shape index (κ2) is 11.5. The lowest BCUT2D eigenvalue weighted by Gasteiger charge is -2.35. The molecule has 162 valence electrons. The van der Waals surface area contributed by atoms with E-state index >= 15 is 0 Å². The summed E-state index contributed by atoms with van der Waals surface area (Å²) < 4.78 is 0. The molecule has 1 aliphatic rings. The number of nitrogens with zero attached hydrogens (tertiary/aromatic N) is 4. The summed E-state index contributed by atoms with van der Waals surface area (Å²) in [4.78, 5) is 27.2. The fraction of sp³-hybridized carbons (Fsp3) is 0.500. The zero-order valence-corrected chi connectivity index (χ0v) is 18.7. The Labute approximate surface area is 183 Å². The molecule has 2 aromatic heterocycles.